The summed E-state index contributed by atoms with van der Waals surface area (Å²) in [5.74, 6) is 0.606. The maximum Gasteiger partial charge on any atom is 0.270 e. The lowest BCUT2D eigenvalue weighted by molar-refractivity contribution is 0.0476. The SMILES string of the molecule is CCOC(=C[Si]CCl)OCC. The summed E-state index contributed by atoms with van der Waals surface area (Å²) in [7, 11) is 0.568. The van der Waals surface area contributed by atoms with Gasteiger partial charge in [0.2, 0.25) is 0 Å². The predicted molar refractivity (Wildman–Crippen MR) is 47.8 cm³/mol. The van der Waals surface area contributed by atoms with E-state index in [2.05, 4.69) is 0 Å². The van der Waals surface area contributed by atoms with Crippen LogP contribution in [0.15, 0.2) is 11.6 Å². The Bertz CT molecular complexity index is 109. The van der Waals surface area contributed by atoms with Crippen LogP contribution in [0.2, 0.25) is 0 Å². The van der Waals surface area contributed by atoms with E-state index in [4.69, 9.17) is 21.1 Å². The topological polar surface area (TPSA) is 18.5 Å². The van der Waals surface area contributed by atoms with Gasteiger partial charge in [-0.1, -0.05) is 0 Å². The highest BCUT2D eigenvalue weighted by atomic mass is 35.5. The Morgan fingerprint density at radius 3 is 2.27 bits per heavy atom. The molecule has 11 heavy (non-hydrogen) atoms. The van der Waals surface area contributed by atoms with Gasteiger partial charge in [-0.2, -0.15) is 0 Å². The fraction of sp³-hybridized carbons (Fsp3) is 0.714. The van der Waals surface area contributed by atoms with Gasteiger partial charge in [0.15, 0.2) is 0 Å². The first-order chi connectivity index (χ1) is 5.35. The minimum atomic E-state index is 0.568. The molecule has 0 rings (SSSR count). The largest absolute Gasteiger partial charge is 0.466 e. The number of hydrogen-bond acceptors (Lipinski definition) is 2. The molecule has 0 spiro atoms. The van der Waals surface area contributed by atoms with Crippen LogP contribution in [0.4, 0.5) is 0 Å². The van der Waals surface area contributed by atoms with Crippen LogP contribution in [0.1, 0.15) is 13.8 Å². The van der Waals surface area contributed by atoms with Gasteiger partial charge in [0.25, 0.3) is 5.95 Å². The molecule has 0 heterocycles. The first-order valence-corrected chi connectivity index (χ1v) is 5.42. The third-order valence-electron chi connectivity index (χ3n) is 0.870. The third kappa shape index (κ3) is 6.25. The summed E-state index contributed by atoms with van der Waals surface area (Å²) in [5.41, 5.74) is 2.52. The monoisotopic (exact) mass is 192 g/mol. The van der Waals surface area contributed by atoms with Gasteiger partial charge >= 0.3 is 0 Å². The molecule has 4 heteroatoms. The molecule has 0 aliphatic heterocycles. The molecule has 0 unspecified atom stereocenters. The average Bonchev–Trinajstić information content (AvgIpc) is 2.01. The van der Waals surface area contributed by atoms with Crippen LogP contribution in [-0.4, -0.2) is 28.2 Å². The lowest BCUT2D eigenvalue weighted by atomic mass is 10.8. The van der Waals surface area contributed by atoms with E-state index >= 15 is 0 Å². The molecule has 64 valence electrons. The van der Waals surface area contributed by atoms with Crippen LogP contribution in [0.5, 0.6) is 0 Å². The summed E-state index contributed by atoms with van der Waals surface area (Å²) >= 11 is 5.50. The van der Waals surface area contributed by atoms with Crippen LogP contribution in [0.25, 0.3) is 0 Å². The number of hydrogen-bond donors (Lipinski definition) is 0. The predicted octanol–water partition coefficient (Wildman–Crippen LogP) is 1.76. The molecule has 0 saturated heterocycles. The molecule has 0 aromatic rings. The number of halogens is 1. The van der Waals surface area contributed by atoms with E-state index in [1.807, 2.05) is 19.5 Å². The Morgan fingerprint density at radius 1 is 1.36 bits per heavy atom. The molecule has 0 aromatic carbocycles. The maximum absolute atomic E-state index is 5.50. The summed E-state index contributed by atoms with van der Waals surface area (Å²) in [6.45, 7) is 5.13. The second-order valence-corrected chi connectivity index (χ2v) is 3.43. The Labute approximate surface area is 75.3 Å². The van der Waals surface area contributed by atoms with E-state index in [1.165, 1.54) is 0 Å². The summed E-state index contributed by atoms with van der Waals surface area (Å²) in [6.07, 6.45) is 0. The lowest BCUT2D eigenvalue weighted by Gasteiger charge is -2.07. The van der Waals surface area contributed by atoms with Gasteiger partial charge in [-0.05, 0) is 19.5 Å². The van der Waals surface area contributed by atoms with E-state index < -0.39 is 0 Å². The van der Waals surface area contributed by atoms with Crippen molar-refractivity contribution < 1.29 is 9.47 Å². The van der Waals surface area contributed by atoms with Gasteiger partial charge in [-0.3, -0.25) is 0 Å². The van der Waals surface area contributed by atoms with Gasteiger partial charge in [0.05, 0.1) is 22.7 Å². The van der Waals surface area contributed by atoms with E-state index in [9.17, 15) is 0 Å². The number of rotatable bonds is 6. The van der Waals surface area contributed by atoms with Crippen molar-refractivity contribution in [1.29, 1.82) is 0 Å². The number of ether oxygens (including phenoxy) is 2. The standard InChI is InChI=1S/C7H13ClO2Si/c1-3-9-7(10-4-2)5-11-6-8/h5H,3-4,6H2,1-2H3. The van der Waals surface area contributed by atoms with Crippen molar-refractivity contribution in [3.63, 3.8) is 0 Å². The first kappa shape index (κ1) is 10.8. The molecule has 0 atom stereocenters. The number of alkyl halides is 1. The lowest BCUT2D eigenvalue weighted by Crippen LogP contribution is -2.00. The van der Waals surface area contributed by atoms with E-state index in [0.29, 0.717) is 34.2 Å². The minimum absolute atomic E-state index is 0.568. The molecule has 0 amide bonds. The van der Waals surface area contributed by atoms with Crippen molar-refractivity contribution in [2.75, 3.05) is 18.7 Å². The zero-order valence-corrected chi connectivity index (χ0v) is 8.65. The quantitative estimate of drug-likeness (QED) is 0.363. The summed E-state index contributed by atoms with van der Waals surface area (Å²) in [6, 6.07) is 0. The van der Waals surface area contributed by atoms with Crippen molar-refractivity contribution in [2.24, 2.45) is 0 Å². The highest BCUT2D eigenvalue weighted by molar-refractivity contribution is 6.54. The van der Waals surface area contributed by atoms with Crippen molar-refractivity contribution in [2.45, 2.75) is 13.8 Å². The van der Waals surface area contributed by atoms with E-state index in [-0.39, 0.29) is 0 Å². The Kier molecular flexibility index (Phi) is 7.84. The Morgan fingerprint density at radius 2 is 1.91 bits per heavy atom. The smallest absolute Gasteiger partial charge is 0.270 e. The average molecular weight is 193 g/mol. The van der Waals surface area contributed by atoms with Crippen molar-refractivity contribution in [3.8, 4) is 0 Å². The molecule has 0 saturated carbocycles. The van der Waals surface area contributed by atoms with E-state index in [0.717, 1.165) is 0 Å². The minimum Gasteiger partial charge on any atom is -0.466 e. The fourth-order valence-corrected chi connectivity index (χ4v) is 1.17. The van der Waals surface area contributed by atoms with Crippen LogP contribution in [0, 0.1) is 0 Å². The van der Waals surface area contributed by atoms with Gasteiger partial charge < -0.3 is 9.47 Å². The molecule has 0 aliphatic carbocycles. The summed E-state index contributed by atoms with van der Waals surface area (Å²) < 4.78 is 10.3. The molecule has 0 N–H and O–H groups in total. The van der Waals surface area contributed by atoms with E-state index in [1.54, 1.807) is 0 Å². The van der Waals surface area contributed by atoms with Gasteiger partial charge in [-0.25, -0.2) is 0 Å². The van der Waals surface area contributed by atoms with Crippen LogP contribution in [-0.2, 0) is 9.47 Å². The highest BCUT2D eigenvalue weighted by Crippen LogP contribution is 1.98. The molecule has 0 fully saturated rings. The molecular weight excluding hydrogens is 180 g/mol. The van der Waals surface area contributed by atoms with Gasteiger partial charge in [-0.15, -0.1) is 11.6 Å². The second kappa shape index (κ2) is 7.95. The first-order valence-electron chi connectivity index (χ1n) is 3.60. The molecule has 0 aromatic heterocycles. The zero-order valence-electron chi connectivity index (χ0n) is 6.89. The van der Waals surface area contributed by atoms with Crippen molar-refractivity contribution in [1.82, 2.24) is 0 Å². The third-order valence-corrected chi connectivity index (χ3v) is 1.93. The van der Waals surface area contributed by atoms with Gasteiger partial charge in [0.1, 0.15) is 0 Å². The van der Waals surface area contributed by atoms with Crippen molar-refractivity contribution >= 4 is 21.1 Å². The summed E-state index contributed by atoms with van der Waals surface area (Å²) in [4.78, 5) is 0. The van der Waals surface area contributed by atoms with Gasteiger partial charge in [0, 0.05) is 5.50 Å². The van der Waals surface area contributed by atoms with Crippen LogP contribution < -0.4 is 0 Å². The van der Waals surface area contributed by atoms with Crippen LogP contribution >= 0.6 is 11.6 Å². The highest BCUT2D eigenvalue weighted by Gasteiger charge is 1.94. The fourth-order valence-electron chi connectivity index (χ4n) is 0.531. The normalized spacial score (nSPS) is 9.00. The maximum atomic E-state index is 5.50. The van der Waals surface area contributed by atoms with Crippen molar-refractivity contribution in [3.05, 3.63) is 11.6 Å². The Hall–Kier alpha value is -0.153. The molecule has 0 aliphatic rings. The Balaban J connectivity index is 3.66. The second-order valence-electron chi connectivity index (χ2n) is 1.67. The summed E-state index contributed by atoms with van der Waals surface area (Å²) in [5, 5.41) is 0. The zero-order chi connectivity index (χ0) is 8.53. The molecule has 0 bridgehead atoms. The molecule has 2 radical (unpaired) electrons. The molecule has 2 nitrogen and oxygen atoms in total. The van der Waals surface area contributed by atoms with Crippen LogP contribution in [0.3, 0.4) is 0 Å². The molecular formula is C7H13ClO2Si.